The van der Waals surface area contributed by atoms with Gasteiger partial charge in [-0.25, -0.2) is 0 Å². The average Bonchev–Trinajstić information content (AvgIpc) is 3.39. The molecule has 0 aromatic carbocycles. The Labute approximate surface area is 431 Å². The zero-order valence-electron chi connectivity index (χ0n) is 42.4. The van der Waals surface area contributed by atoms with Crippen LogP contribution in [0, 0.1) is 35.5 Å². The minimum absolute atomic E-state index is 0.0163. The fourth-order valence-corrected chi connectivity index (χ4v) is 13.7. The van der Waals surface area contributed by atoms with E-state index in [1.807, 2.05) is 20.8 Å². The van der Waals surface area contributed by atoms with Crippen LogP contribution in [0.5, 0.6) is 0 Å². The van der Waals surface area contributed by atoms with Crippen molar-refractivity contribution >= 4 is 0 Å². The SMILES string of the molecule is COC[C@H]1OC2(CO)OC(C1O)[C@@H]2COC[C@H]1OC2(CO[C@H]3OC4(C)OC(C3O)[C@@H]4COC[C@H]3OC4(C)OC(C3O)[C@@H]4C)OC(C1O)[C@@H]2COC[C@H]1OC2(CO)OC(C1O)[C@@H]2COC[C@H]1OC2(CO)OC(C1O)[C@@H]2C. The fourth-order valence-electron chi connectivity index (χ4n) is 13.7. The smallest absolute Gasteiger partial charge is 0.200 e. The molecule has 0 aromatic rings. The molecule has 0 saturated carbocycles. The Hall–Kier alpha value is -1.08. The minimum Gasteiger partial charge on any atom is -0.391 e. The molecule has 18 rings (SSSR count). The van der Waals surface area contributed by atoms with Crippen molar-refractivity contribution in [3.63, 3.8) is 0 Å². The molecule has 0 aliphatic carbocycles. The van der Waals surface area contributed by atoms with Gasteiger partial charge in [-0.1, -0.05) is 13.8 Å². The van der Waals surface area contributed by atoms with Gasteiger partial charge in [0, 0.05) is 18.9 Å². The molecule has 18 saturated heterocycles. The zero-order chi connectivity index (χ0) is 52.8. The van der Waals surface area contributed by atoms with E-state index in [9.17, 15) is 46.0 Å². The largest absolute Gasteiger partial charge is 0.391 e. The van der Waals surface area contributed by atoms with E-state index in [1.54, 1.807) is 6.92 Å². The molecule has 18 aliphatic heterocycles. The van der Waals surface area contributed by atoms with E-state index in [-0.39, 0.29) is 90.6 Å². The summed E-state index contributed by atoms with van der Waals surface area (Å²) in [4.78, 5) is 0. The molecular formula is C48H74O27. The predicted molar refractivity (Wildman–Crippen MR) is 237 cm³/mol. The lowest BCUT2D eigenvalue weighted by molar-refractivity contribution is -0.508. The first-order valence-corrected chi connectivity index (χ1v) is 26.3. The number of ether oxygens (including phenoxy) is 18. The third kappa shape index (κ3) is 8.40. The molecule has 18 aliphatic rings. The van der Waals surface area contributed by atoms with E-state index in [1.165, 1.54) is 7.11 Å². The molecule has 30 atom stereocenters. The topological polar surface area (TPSA) is 348 Å². The Balaban J connectivity index is 0.665. The van der Waals surface area contributed by atoms with Crippen LogP contribution in [0.15, 0.2) is 0 Å². The Morgan fingerprint density at radius 3 is 1.21 bits per heavy atom. The summed E-state index contributed by atoms with van der Waals surface area (Å²) in [5, 5.41) is 97.6. The third-order valence-electron chi connectivity index (χ3n) is 18.6. The highest BCUT2D eigenvalue weighted by Crippen LogP contribution is 2.55. The van der Waals surface area contributed by atoms with Crippen LogP contribution in [0.1, 0.15) is 27.7 Å². The average molecular weight is 1080 g/mol. The van der Waals surface area contributed by atoms with Crippen molar-refractivity contribution in [2.24, 2.45) is 35.5 Å². The highest BCUT2D eigenvalue weighted by Gasteiger charge is 2.71. The van der Waals surface area contributed by atoms with Gasteiger partial charge in [-0.15, -0.1) is 0 Å². The lowest BCUT2D eigenvalue weighted by atomic mass is 9.78. The van der Waals surface area contributed by atoms with Crippen LogP contribution >= 0.6 is 0 Å². The summed E-state index contributed by atoms with van der Waals surface area (Å²) in [5.41, 5.74) is 0. The van der Waals surface area contributed by atoms with Crippen molar-refractivity contribution in [1.82, 2.24) is 0 Å². The molecule has 0 aromatic heterocycles. The molecule has 9 N–H and O–H groups in total. The van der Waals surface area contributed by atoms with Gasteiger partial charge in [-0.3, -0.25) is 0 Å². The molecule has 428 valence electrons. The van der Waals surface area contributed by atoms with Crippen LogP contribution in [-0.2, 0) is 85.3 Å². The first-order valence-electron chi connectivity index (χ1n) is 26.3. The van der Waals surface area contributed by atoms with Crippen molar-refractivity contribution in [1.29, 1.82) is 0 Å². The number of hydrogen-bond donors (Lipinski definition) is 9. The van der Waals surface area contributed by atoms with E-state index in [0.717, 1.165) is 0 Å². The lowest BCUT2D eigenvalue weighted by Gasteiger charge is -2.63. The number of fused-ring (bicyclic) bond motifs is 12. The van der Waals surface area contributed by atoms with Crippen molar-refractivity contribution in [2.45, 2.75) is 172 Å². The van der Waals surface area contributed by atoms with Crippen molar-refractivity contribution in [3.05, 3.63) is 0 Å². The summed E-state index contributed by atoms with van der Waals surface area (Å²) in [6.45, 7) is 5.35. The van der Waals surface area contributed by atoms with Crippen molar-refractivity contribution in [3.8, 4) is 0 Å². The zero-order valence-corrected chi connectivity index (χ0v) is 42.4. The Bertz CT molecular complexity index is 2050. The van der Waals surface area contributed by atoms with Crippen molar-refractivity contribution in [2.75, 3.05) is 93.0 Å². The highest BCUT2D eigenvalue weighted by molar-refractivity contribution is 5.11. The normalized spacial score (nSPS) is 57.4. The van der Waals surface area contributed by atoms with E-state index in [4.69, 9.17) is 85.3 Å². The van der Waals surface area contributed by atoms with Gasteiger partial charge >= 0.3 is 0 Å². The Morgan fingerprint density at radius 2 is 0.733 bits per heavy atom. The Morgan fingerprint density at radius 1 is 0.360 bits per heavy atom. The molecule has 0 radical (unpaired) electrons. The predicted octanol–water partition coefficient (Wildman–Crippen LogP) is -5.44. The molecule has 18 fully saturated rings. The number of methoxy groups -OCH3 is 1. The minimum atomic E-state index is -1.58. The number of aliphatic hydroxyl groups is 9. The Kier molecular flexibility index (Phi) is 14.4. The van der Waals surface area contributed by atoms with Crippen LogP contribution in [-0.4, -0.2) is 284 Å². The number of hydrogen-bond acceptors (Lipinski definition) is 27. The second-order valence-corrected chi connectivity index (χ2v) is 22.9. The third-order valence-corrected chi connectivity index (χ3v) is 18.6. The first kappa shape index (κ1) is 54.5. The van der Waals surface area contributed by atoms with Crippen LogP contribution in [0.3, 0.4) is 0 Å². The quantitative estimate of drug-likeness (QED) is 0.0436. The summed E-state index contributed by atoms with van der Waals surface area (Å²) >= 11 is 0. The first-order chi connectivity index (χ1) is 35.8. The number of aliphatic hydroxyl groups excluding tert-OH is 9. The molecular weight excluding hydrogens is 1010 g/mol. The summed E-state index contributed by atoms with van der Waals surface area (Å²) in [6.07, 6.45) is -15.8. The molecule has 27 nitrogen and oxygen atoms in total. The van der Waals surface area contributed by atoms with Crippen LogP contribution < -0.4 is 0 Å². The van der Waals surface area contributed by atoms with Gasteiger partial charge in [0.1, 0.15) is 79.9 Å². The molecule has 27 heteroatoms. The van der Waals surface area contributed by atoms with Gasteiger partial charge in [0.25, 0.3) is 0 Å². The molecule has 18 unspecified atom stereocenters. The molecule has 0 spiro atoms. The second kappa shape index (κ2) is 19.8. The summed E-state index contributed by atoms with van der Waals surface area (Å²) in [6, 6.07) is 0. The highest BCUT2D eigenvalue weighted by atomic mass is 16.8. The van der Waals surface area contributed by atoms with Crippen LogP contribution in [0.4, 0.5) is 0 Å². The van der Waals surface area contributed by atoms with Gasteiger partial charge < -0.3 is 131 Å². The lowest BCUT2D eigenvalue weighted by Crippen LogP contribution is -2.78. The van der Waals surface area contributed by atoms with Crippen LogP contribution in [0.2, 0.25) is 0 Å². The molecule has 12 bridgehead atoms. The van der Waals surface area contributed by atoms with E-state index >= 15 is 0 Å². The second-order valence-electron chi connectivity index (χ2n) is 22.9. The maximum absolute atomic E-state index is 11.7. The maximum atomic E-state index is 11.7. The summed E-state index contributed by atoms with van der Waals surface area (Å²) in [7, 11) is 1.47. The maximum Gasteiger partial charge on any atom is 0.200 e. The van der Waals surface area contributed by atoms with E-state index < -0.39 is 176 Å². The van der Waals surface area contributed by atoms with Crippen molar-refractivity contribution < 1.29 is 131 Å². The van der Waals surface area contributed by atoms with E-state index in [0.29, 0.717) is 0 Å². The standard InChI is InChI=1S/C48H74O27/c1-19-36-30(52)26(64-43(19,3)69-36)11-59-6-21-38-35(57)42(75-44(21,4)70-38)63-18-48-24(41(74-48)34(56)29(68-48)14-61-7-22-39-32(54)25(10-58-5)66-46(22,16-50)72-39)9-62-13-28-33(55)40-23(47(17-51,67-28)73-40)8-60-12-27-31(53)37-20(2)45(15-49,65-27)71-37/h19-42,49-57H,6-18H2,1-5H3/t19-,20-,21-,22-,23-,24-,25+,26+,27+,28+,29+,30?,31?,32?,33?,34?,35?,36?,37?,38?,39?,40?,41?,42-,43?,44?,45?,46?,47?,48?/m0/s1. The van der Waals surface area contributed by atoms with Gasteiger partial charge in [-0.2, -0.15) is 0 Å². The fraction of sp³-hybridized carbons (Fsp3) is 1.00. The summed E-state index contributed by atoms with van der Waals surface area (Å²) < 4.78 is 108. The molecule has 0 amide bonds. The van der Waals surface area contributed by atoms with Gasteiger partial charge in [-0.05, 0) is 13.8 Å². The monoisotopic (exact) mass is 1080 g/mol. The van der Waals surface area contributed by atoms with Crippen LogP contribution in [0.25, 0.3) is 0 Å². The summed E-state index contributed by atoms with van der Waals surface area (Å²) in [5.74, 6) is -10.1. The van der Waals surface area contributed by atoms with E-state index in [2.05, 4.69) is 0 Å². The molecule has 18 heterocycles. The van der Waals surface area contributed by atoms with Gasteiger partial charge in [0.15, 0.2) is 35.2 Å². The van der Waals surface area contributed by atoms with Gasteiger partial charge in [0.2, 0.25) is 5.79 Å². The van der Waals surface area contributed by atoms with Gasteiger partial charge in [0.05, 0.1) is 133 Å². The number of rotatable bonds is 24. The molecule has 75 heavy (non-hydrogen) atoms.